The molecule has 0 spiro atoms. The Balaban J connectivity index is 2.62. The number of rotatable bonds is 5. The highest BCUT2D eigenvalue weighted by Gasteiger charge is 2.14. The summed E-state index contributed by atoms with van der Waals surface area (Å²) in [5.74, 6) is -0.568. The van der Waals surface area contributed by atoms with Gasteiger partial charge in [0.2, 0.25) is 5.91 Å². The number of carbonyl (C=O) groups is 2. The number of guanidine groups is 1. The van der Waals surface area contributed by atoms with Gasteiger partial charge in [-0.05, 0) is 5.56 Å². The summed E-state index contributed by atoms with van der Waals surface area (Å²) in [6.45, 7) is -0.0630. The van der Waals surface area contributed by atoms with Crippen molar-refractivity contribution in [2.24, 2.45) is 5.73 Å². The van der Waals surface area contributed by atoms with Gasteiger partial charge in [-0.1, -0.05) is 30.3 Å². The molecule has 1 amide bonds. The van der Waals surface area contributed by atoms with Crippen LogP contribution in [0.1, 0.15) is 11.6 Å². The maximum Gasteiger partial charge on any atom is 0.240 e. The second kappa shape index (κ2) is 6.39. The smallest absolute Gasteiger partial charge is 0.240 e. The van der Waals surface area contributed by atoms with E-state index in [1.54, 1.807) is 24.3 Å². The number of aldehydes is 1. The lowest BCUT2D eigenvalue weighted by atomic mass is 10.1. The van der Waals surface area contributed by atoms with Crippen molar-refractivity contribution < 1.29 is 9.59 Å². The molecule has 0 saturated carbocycles. The first-order valence-electron chi connectivity index (χ1n) is 5.39. The summed E-state index contributed by atoms with van der Waals surface area (Å²) in [7, 11) is 1.53. The molecule has 0 radical (unpaired) electrons. The molecule has 1 aromatic rings. The standard InChI is InChI=1S/C12H16N4O2/c1-16(12(13)14)7-11(18)15-10(8-17)9-5-3-2-4-6-9/h2-6,8,10H,7H2,1H3,(H3,13,14)(H,15,18). The van der Waals surface area contributed by atoms with E-state index in [4.69, 9.17) is 11.1 Å². The van der Waals surface area contributed by atoms with Crippen LogP contribution in [-0.2, 0) is 9.59 Å². The molecule has 0 aliphatic carbocycles. The number of nitrogens with zero attached hydrogens (tertiary/aromatic N) is 1. The van der Waals surface area contributed by atoms with Gasteiger partial charge in [-0.3, -0.25) is 10.2 Å². The molecule has 1 rings (SSSR count). The summed E-state index contributed by atoms with van der Waals surface area (Å²) in [5.41, 5.74) is 5.93. The molecule has 1 atom stereocenters. The van der Waals surface area contributed by atoms with Crippen LogP contribution in [-0.4, -0.2) is 36.6 Å². The Labute approximate surface area is 105 Å². The molecule has 1 aromatic carbocycles. The molecule has 0 aromatic heterocycles. The minimum absolute atomic E-state index is 0.0630. The van der Waals surface area contributed by atoms with E-state index in [1.807, 2.05) is 6.07 Å². The highest BCUT2D eigenvalue weighted by molar-refractivity contribution is 5.86. The van der Waals surface area contributed by atoms with Crippen LogP contribution >= 0.6 is 0 Å². The molecule has 0 saturated heterocycles. The van der Waals surface area contributed by atoms with Crippen molar-refractivity contribution in [3.63, 3.8) is 0 Å². The van der Waals surface area contributed by atoms with Gasteiger partial charge in [0.05, 0.1) is 6.54 Å². The molecule has 96 valence electrons. The first-order chi connectivity index (χ1) is 8.54. The predicted octanol–water partition coefficient (Wildman–Crippen LogP) is -0.132. The van der Waals surface area contributed by atoms with E-state index in [-0.39, 0.29) is 18.4 Å². The van der Waals surface area contributed by atoms with E-state index < -0.39 is 6.04 Å². The molecular formula is C12H16N4O2. The number of amides is 1. The third kappa shape index (κ3) is 3.89. The minimum Gasteiger partial charge on any atom is -0.370 e. The monoisotopic (exact) mass is 248 g/mol. The van der Waals surface area contributed by atoms with Gasteiger partial charge >= 0.3 is 0 Å². The van der Waals surface area contributed by atoms with Crippen LogP contribution in [0, 0.1) is 5.41 Å². The first kappa shape index (κ1) is 13.7. The molecule has 0 heterocycles. The topological polar surface area (TPSA) is 99.3 Å². The highest BCUT2D eigenvalue weighted by atomic mass is 16.2. The highest BCUT2D eigenvalue weighted by Crippen LogP contribution is 2.09. The number of likely N-dealkylation sites (N-methyl/N-ethyl adjacent to an activating group) is 1. The lowest BCUT2D eigenvalue weighted by Gasteiger charge is -2.18. The van der Waals surface area contributed by atoms with Crippen LogP contribution in [0.25, 0.3) is 0 Å². The Kier molecular flexibility index (Phi) is 4.86. The van der Waals surface area contributed by atoms with Gasteiger partial charge in [0, 0.05) is 7.05 Å². The lowest BCUT2D eigenvalue weighted by Crippen LogP contribution is -2.42. The van der Waals surface area contributed by atoms with Crippen LogP contribution in [0.15, 0.2) is 30.3 Å². The zero-order valence-electron chi connectivity index (χ0n) is 10.1. The van der Waals surface area contributed by atoms with Crippen molar-refractivity contribution in [2.75, 3.05) is 13.6 Å². The second-order valence-electron chi connectivity index (χ2n) is 3.83. The average Bonchev–Trinajstić information content (AvgIpc) is 2.36. The number of nitrogens with one attached hydrogen (secondary N) is 2. The molecule has 6 heteroatoms. The van der Waals surface area contributed by atoms with Crippen LogP contribution in [0.3, 0.4) is 0 Å². The van der Waals surface area contributed by atoms with Crippen molar-refractivity contribution >= 4 is 18.2 Å². The molecular weight excluding hydrogens is 232 g/mol. The van der Waals surface area contributed by atoms with Crippen molar-refractivity contribution in [2.45, 2.75) is 6.04 Å². The Hall–Kier alpha value is -2.37. The van der Waals surface area contributed by atoms with Crippen molar-refractivity contribution in [3.05, 3.63) is 35.9 Å². The van der Waals surface area contributed by atoms with Crippen molar-refractivity contribution in [1.82, 2.24) is 10.2 Å². The third-order valence-electron chi connectivity index (χ3n) is 2.40. The van der Waals surface area contributed by atoms with Gasteiger partial charge in [-0.2, -0.15) is 0 Å². The van der Waals surface area contributed by atoms with Crippen molar-refractivity contribution in [3.8, 4) is 0 Å². The van der Waals surface area contributed by atoms with Gasteiger partial charge in [-0.25, -0.2) is 0 Å². The fourth-order valence-corrected chi connectivity index (χ4v) is 1.38. The largest absolute Gasteiger partial charge is 0.370 e. The molecule has 0 fully saturated rings. The van der Waals surface area contributed by atoms with Gasteiger partial charge in [0.15, 0.2) is 5.96 Å². The lowest BCUT2D eigenvalue weighted by molar-refractivity contribution is -0.124. The summed E-state index contributed by atoms with van der Waals surface area (Å²) in [5, 5.41) is 9.71. The average molecular weight is 248 g/mol. The molecule has 6 nitrogen and oxygen atoms in total. The fraction of sp³-hybridized carbons (Fsp3) is 0.250. The number of carbonyl (C=O) groups excluding carboxylic acids is 2. The minimum atomic E-state index is -0.681. The quantitative estimate of drug-likeness (QED) is 0.384. The van der Waals surface area contributed by atoms with Gasteiger partial charge < -0.3 is 20.7 Å². The van der Waals surface area contributed by atoms with E-state index >= 15 is 0 Å². The van der Waals surface area contributed by atoms with Gasteiger partial charge in [-0.15, -0.1) is 0 Å². The van der Waals surface area contributed by atoms with E-state index in [2.05, 4.69) is 5.32 Å². The number of hydrogen-bond acceptors (Lipinski definition) is 3. The summed E-state index contributed by atoms with van der Waals surface area (Å²) < 4.78 is 0. The summed E-state index contributed by atoms with van der Waals surface area (Å²) in [6, 6.07) is 8.25. The normalized spacial score (nSPS) is 11.4. The van der Waals surface area contributed by atoms with Crippen LogP contribution in [0.4, 0.5) is 0 Å². The number of hydrogen-bond donors (Lipinski definition) is 3. The second-order valence-corrected chi connectivity index (χ2v) is 3.83. The number of nitrogens with two attached hydrogens (primary N) is 1. The molecule has 0 bridgehead atoms. The molecule has 18 heavy (non-hydrogen) atoms. The Morgan fingerprint density at radius 2 is 2.11 bits per heavy atom. The molecule has 0 aliphatic rings. The molecule has 4 N–H and O–H groups in total. The molecule has 1 unspecified atom stereocenters. The Bertz CT molecular complexity index is 433. The summed E-state index contributed by atoms with van der Waals surface area (Å²) >= 11 is 0. The summed E-state index contributed by atoms with van der Waals surface area (Å²) in [6.07, 6.45) is 0.668. The van der Waals surface area contributed by atoms with E-state index in [9.17, 15) is 9.59 Å². The van der Waals surface area contributed by atoms with Crippen LogP contribution in [0.2, 0.25) is 0 Å². The van der Waals surface area contributed by atoms with Crippen molar-refractivity contribution in [1.29, 1.82) is 5.41 Å². The van der Waals surface area contributed by atoms with E-state index in [1.165, 1.54) is 11.9 Å². The fourth-order valence-electron chi connectivity index (χ4n) is 1.38. The van der Waals surface area contributed by atoms with Crippen LogP contribution < -0.4 is 11.1 Å². The zero-order valence-corrected chi connectivity index (χ0v) is 10.1. The van der Waals surface area contributed by atoms with Gasteiger partial charge in [0.25, 0.3) is 0 Å². The van der Waals surface area contributed by atoms with Crippen LogP contribution in [0.5, 0.6) is 0 Å². The Morgan fingerprint density at radius 1 is 1.50 bits per heavy atom. The maximum absolute atomic E-state index is 11.6. The predicted molar refractivity (Wildman–Crippen MR) is 67.9 cm³/mol. The van der Waals surface area contributed by atoms with E-state index in [0.29, 0.717) is 11.8 Å². The van der Waals surface area contributed by atoms with Gasteiger partial charge in [0.1, 0.15) is 12.3 Å². The maximum atomic E-state index is 11.6. The molecule has 0 aliphatic heterocycles. The summed E-state index contributed by atoms with van der Waals surface area (Å²) in [4.78, 5) is 23.9. The number of benzene rings is 1. The SMILES string of the molecule is CN(CC(=O)NC(C=O)c1ccccc1)C(=N)N. The third-order valence-corrected chi connectivity index (χ3v) is 2.40. The first-order valence-corrected chi connectivity index (χ1v) is 5.39. The Morgan fingerprint density at radius 3 is 2.61 bits per heavy atom. The zero-order chi connectivity index (χ0) is 13.5. The van der Waals surface area contributed by atoms with E-state index in [0.717, 1.165) is 0 Å².